The second-order valence-electron chi connectivity index (χ2n) is 8.90. The van der Waals surface area contributed by atoms with Gasteiger partial charge in [0.2, 0.25) is 11.8 Å². The van der Waals surface area contributed by atoms with E-state index in [2.05, 4.69) is 0 Å². The third-order valence-corrected chi connectivity index (χ3v) is 7.32. The van der Waals surface area contributed by atoms with Crippen molar-refractivity contribution in [1.29, 1.82) is 0 Å². The first kappa shape index (κ1) is 20.4. The number of ketones is 2. The molecule has 0 unspecified atom stereocenters. The average Bonchev–Trinajstić information content (AvgIpc) is 3.00. The predicted octanol–water partition coefficient (Wildman–Crippen LogP) is 2.46. The minimum atomic E-state index is -0.574. The van der Waals surface area contributed by atoms with Gasteiger partial charge in [-0.1, -0.05) is 17.7 Å². The lowest BCUT2D eigenvalue weighted by Crippen LogP contribution is -2.39. The van der Waals surface area contributed by atoms with Crippen molar-refractivity contribution in [2.75, 3.05) is 14.2 Å². The molecule has 32 heavy (non-hydrogen) atoms. The molecule has 2 amide bonds. The van der Waals surface area contributed by atoms with E-state index in [1.54, 1.807) is 25.1 Å². The number of nitrogens with zero attached hydrogens (tertiary/aromatic N) is 1. The zero-order valence-corrected chi connectivity index (χ0v) is 18.0. The number of amides is 2. The minimum absolute atomic E-state index is 0.0720. The highest BCUT2D eigenvalue weighted by atomic mass is 16.5. The lowest BCUT2D eigenvalue weighted by molar-refractivity contribution is -0.138. The van der Waals surface area contributed by atoms with Gasteiger partial charge in [-0.25, -0.2) is 0 Å². The minimum Gasteiger partial charge on any atom is -0.504 e. The topological polar surface area (TPSA) is 101 Å². The molecule has 0 saturated carbocycles. The van der Waals surface area contributed by atoms with Crippen molar-refractivity contribution >= 4 is 23.4 Å². The Balaban J connectivity index is 1.71. The van der Waals surface area contributed by atoms with Gasteiger partial charge in [0.15, 0.2) is 23.1 Å². The number of phenolic OH excluding ortho intramolecular Hbond substituents is 1. The Kier molecular flexibility index (Phi) is 4.48. The van der Waals surface area contributed by atoms with Crippen LogP contribution in [0.2, 0.25) is 0 Å². The second kappa shape index (κ2) is 7.02. The van der Waals surface area contributed by atoms with E-state index >= 15 is 0 Å². The summed E-state index contributed by atoms with van der Waals surface area (Å²) < 4.78 is 5.16. The molecule has 3 aliphatic carbocycles. The predicted molar refractivity (Wildman–Crippen MR) is 114 cm³/mol. The van der Waals surface area contributed by atoms with Crippen LogP contribution in [-0.4, -0.2) is 47.5 Å². The number of benzene rings is 1. The van der Waals surface area contributed by atoms with Gasteiger partial charge in [-0.3, -0.25) is 24.1 Å². The molecule has 0 radical (unpaired) electrons. The van der Waals surface area contributed by atoms with Gasteiger partial charge in [0.05, 0.1) is 18.9 Å². The highest BCUT2D eigenvalue weighted by Gasteiger charge is 2.55. The number of hydrogen-bond donors (Lipinski definition) is 1. The summed E-state index contributed by atoms with van der Waals surface area (Å²) in [5.74, 6) is -2.57. The molecule has 5 rings (SSSR count). The summed E-state index contributed by atoms with van der Waals surface area (Å²) in [4.78, 5) is 53.0. The Morgan fingerprint density at radius 1 is 1.09 bits per heavy atom. The van der Waals surface area contributed by atoms with Crippen LogP contribution in [0.3, 0.4) is 0 Å². The molecule has 1 saturated heterocycles. The highest BCUT2D eigenvalue weighted by molar-refractivity contribution is 6.23. The lowest BCUT2D eigenvalue weighted by atomic mass is 9.59. The van der Waals surface area contributed by atoms with E-state index in [9.17, 15) is 24.3 Å². The van der Waals surface area contributed by atoms with Gasteiger partial charge in [-0.15, -0.1) is 0 Å². The maximum Gasteiger partial charge on any atom is 0.233 e. The van der Waals surface area contributed by atoms with Crippen molar-refractivity contribution < 1.29 is 29.0 Å². The van der Waals surface area contributed by atoms with Gasteiger partial charge in [0.25, 0.3) is 0 Å². The van der Waals surface area contributed by atoms with E-state index in [1.165, 1.54) is 25.1 Å². The number of methoxy groups -OCH3 is 1. The van der Waals surface area contributed by atoms with Gasteiger partial charge >= 0.3 is 0 Å². The number of carbonyl (C=O) groups excluding carboxylic acids is 4. The zero-order valence-electron chi connectivity index (χ0n) is 18.0. The number of ether oxygens (including phenoxy) is 1. The Labute approximate surface area is 185 Å². The summed E-state index contributed by atoms with van der Waals surface area (Å²) in [5.41, 5.74) is 2.69. The summed E-state index contributed by atoms with van der Waals surface area (Å²) in [6.07, 6.45) is 3.97. The molecule has 1 heterocycles. The monoisotopic (exact) mass is 433 g/mol. The summed E-state index contributed by atoms with van der Waals surface area (Å²) in [7, 11) is 2.95. The molecular weight excluding hydrogens is 410 g/mol. The molecule has 164 valence electrons. The quantitative estimate of drug-likeness (QED) is 0.437. The van der Waals surface area contributed by atoms with Crippen LogP contribution in [0.5, 0.6) is 11.5 Å². The van der Waals surface area contributed by atoms with E-state index in [-0.39, 0.29) is 41.5 Å². The van der Waals surface area contributed by atoms with Crippen LogP contribution in [0.4, 0.5) is 0 Å². The Morgan fingerprint density at radius 2 is 1.84 bits per heavy atom. The van der Waals surface area contributed by atoms with Gasteiger partial charge < -0.3 is 9.84 Å². The van der Waals surface area contributed by atoms with E-state index in [4.69, 9.17) is 4.74 Å². The van der Waals surface area contributed by atoms with Crippen LogP contribution >= 0.6 is 0 Å². The number of imide groups is 1. The number of fused-ring (bicyclic) bond motifs is 3. The number of Topliss-reactive ketones (excluding diaryl/α,β-unsaturated/α-hetero) is 1. The van der Waals surface area contributed by atoms with Gasteiger partial charge in [-0.2, -0.15) is 0 Å². The van der Waals surface area contributed by atoms with Crippen molar-refractivity contribution in [3.63, 3.8) is 0 Å². The third kappa shape index (κ3) is 2.66. The molecule has 4 atom stereocenters. The van der Waals surface area contributed by atoms with Crippen molar-refractivity contribution in [1.82, 2.24) is 4.90 Å². The average molecular weight is 433 g/mol. The number of hydrogen-bond acceptors (Lipinski definition) is 6. The Bertz CT molecular complexity index is 1200. The molecule has 0 spiro atoms. The number of allylic oxidation sites excluding steroid dienone is 6. The first-order valence-electron chi connectivity index (χ1n) is 10.6. The molecular formula is C25H23NO6. The molecule has 0 aromatic heterocycles. The van der Waals surface area contributed by atoms with Crippen LogP contribution < -0.4 is 4.74 Å². The molecule has 0 bridgehead atoms. The summed E-state index contributed by atoms with van der Waals surface area (Å²) in [6.45, 7) is 1.62. The van der Waals surface area contributed by atoms with Crippen molar-refractivity contribution in [3.05, 3.63) is 58.2 Å². The van der Waals surface area contributed by atoms with Gasteiger partial charge in [-0.05, 0) is 49.5 Å². The summed E-state index contributed by atoms with van der Waals surface area (Å²) >= 11 is 0. The second-order valence-corrected chi connectivity index (χ2v) is 8.90. The molecule has 4 aliphatic rings. The molecule has 1 aromatic carbocycles. The first-order valence-corrected chi connectivity index (χ1v) is 10.6. The van der Waals surface area contributed by atoms with E-state index in [1.807, 2.05) is 6.08 Å². The van der Waals surface area contributed by atoms with Crippen LogP contribution in [0.1, 0.15) is 31.2 Å². The van der Waals surface area contributed by atoms with Gasteiger partial charge in [0, 0.05) is 29.7 Å². The molecule has 1 fully saturated rings. The van der Waals surface area contributed by atoms with Crippen LogP contribution in [0.25, 0.3) is 0 Å². The maximum absolute atomic E-state index is 13.2. The third-order valence-electron chi connectivity index (χ3n) is 7.32. The maximum atomic E-state index is 13.2. The fourth-order valence-electron chi connectivity index (χ4n) is 5.78. The Morgan fingerprint density at radius 3 is 2.53 bits per heavy atom. The highest BCUT2D eigenvalue weighted by Crippen LogP contribution is 2.55. The van der Waals surface area contributed by atoms with E-state index in [0.717, 1.165) is 5.57 Å². The molecule has 7 heteroatoms. The largest absolute Gasteiger partial charge is 0.504 e. The number of rotatable bonds is 2. The van der Waals surface area contributed by atoms with Crippen molar-refractivity contribution in [3.8, 4) is 11.5 Å². The Hall–Kier alpha value is -3.48. The molecule has 1 N–H and O–H groups in total. The molecule has 1 aromatic rings. The SMILES string of the molecule is COc1ccc([C@H]2C3=CC[C@@H]4C(=O)N(C)C(=O)[C@@H]4[C@@H]3CC3=C2C(=O)C(C)=CC3=O)cc1O. The van der Waals surface area contributed by atoms with Crippen molar-refractivity contribution in [2.45, 2.75) is 25.7 Å². The number of likely N-dealkylation sites (tertiary alicyclic amines) is 1. The summed E-state index contributed by atoms with van der Waals surface area (Å²) in [6, 6.07) is 4.93. The van der Waals surface area contributed by atoms with Crippen LogP contribution in [-0.2, 0) is 19.2 Å². The van der Waals surface area contributed by atoms with E-state index < -0.39 is 17.8 Å². The van der Waals surface area contributed by atoms with E-state index in [0.29, 0.717) is 34.5 Å². The smallest absolute Gasteiger partial charge is 0.233 e. The number of aromatic hydroxyl groups is 1. The first-order chi connectivity index (χ1) is 15.2. The molecule has 1 aliphatic heterocycles. The van der Waals surface area contributed by atoms with Crippen molar-refractivity contribution in [2.24, 2.45) is 17.8 Å². The number of phenols is 1. The lowest BCUT2D eigenvalue weighted by Gasteiger charge is -2.42. The fraction of sp³-hybridized carbons (Fsp3) is 0.360. The zero-order chi connectivity index (χ0) is 22.9. The summed E-state index contributed by atoms with van der Waals surface area (Å²) in [5, 5.41) is 10.4. The fourth-order valence-corrected chi connectivity index (χ4v) is 5.78. The van der Waals surface area contributed by atoms with Gasteiger partial charge in [0.1, 0.15) is 0 Å². The molecule has 7 nitrogen and oxygen atoms in total. The van der Waals surface area contributed by atoms with Crippen LogP contribution in [0, 0.1) is 17.8 Å². The standard InChI is InChI=1S/C25H23NO6/c1-11-8-17(27)16-10-15-13(5-6-14-21(15)25(31)26(2)24(14)30)20(22(16)23(11)29)12-4-7-19(32-3)18(28)9-12/h4-5,7-9,14-15,20-21,28H,6,10H2,1-3H3/t14-,15+,20-,21-/m0/s1. The normalized spacial score (nSPS) is 29.4. The van der Waals surface area contributed by atoms with Crippen LogP contribution in [0.15, 0.2) is 52.6 Å². The number of carbonyl (C=O) groups is 4.